The lowest BCUT2D eigenvalue weighted by Crippen LogP contribution is -2.57. The van der Waals surface area contributed by atoms with Crippen LogP contribution in [0.5, 0.6) is 0 Å². The van der Waals surface area contributed by atoms with E-state index in [4.69, 9.17) is 0 Å². The van der Waals surface area contributed by atoms with Gasteiger partial charge in [-0.25, -0.2) is 9.78 Å². The molecule has 0 saturated carbocycles. The summed E-state index contributed by atoms with van der Waals surface area (Å²) in [7, 11) is 2.19. The van der Waals surface area contributed by atoms with E-state index in [2.05, 4.69) is 32.5 Å². The van der Waals surface area contributed by atoms with Crippen LogP contribution in [0.15, 0.2) is 5.38 Å². The van der Waals surface area contributed by atoms with Crippen LogP contribution in [0, 0.1) is 12.8 Å². The number of aryl methyl sites for hydroxylation is 2. The quantitative estimate of drug-likeness (QED) is 0.860. The zero-order chi connectivity index (χ0) is 16.2. The monoisotopic (exact) mass is 336 g/mol. The molecule has 23 heavy (non-hydrogen) atoms. The first kappa shape index (κ1) is 16.7. The first-order chi connectivity index (χ1) is 11.1. The van der Waals surface area contributed by atoms with Gasteiger partial charge < -0.3 is 15.1 Å². The van der Waals surface area contributed by atoms with Crippen molar-refractivity contribution in [3.05, 3.63) is 16.1 Å². The molecule has 2 fully saturated rings. The summed E-state index contributed by atoms with van der Waals surface area (Å²) < 4.78 is 0. The SMILES string of the molecule is Cc1csc(CCCNC(=O)N2CCC[C@@H]3CN(C)CC[C@H]32)n1. The standard InChI is InChI=1S/C17H28N4OS/c1-13-12-23-16(19-13)6-3-8-18-17(22)21-9-4-5-14-11-20(2)10-7-15(14)21/h12,14-15H,3-11H2,1-2H3,(H,18,22)/t14-,15-/m1/s1. The predicted octanol–water partition coefficient (Wildman–Crippen LogP) is 2.51. The molecule has 1 aromatic rings. The van der Waals surface area contributed by atoms with E-state index >= 15 is 0 Å². The van der Waals surface area contributed by atoms with E-state index in [0.29, 0.717) is 12.0 Å². The molecule has 0 radical (unpaired) electrons. The summed E-state index contributed by atoms with van der Waals surface area (Å²) in [5, 5.41) is 6.38. The highest BCUT2D eigenvalue weighted by Gasteiger charge is 2.37. The van der Waals surface area contributed by atoms with Gasteiger partial charge in [0.15, 0.2) is 0 Å². The number of piperidine rings is 2. The van der Waals surface area contributed by atoms with Crippen LogP contribution in [0.2, 0.25) is 0 Å². The molecule has 0 bridgehead atoms. The first-order valence-electron chi connectivity index (χ1n) is 8.77. The van der Waals surface area contributed by atoms with Gasteiger partial charge in [-0.05, 0) is 52.1 Å². The first-order valence-corrected chi connectivity index (χ1v) is 9.65. The summed E-state index contributed by atoms with van der Waals surface area (Å²) in [6.45, 7) is 5.93. The van der Waals surface area contributed by atoms with Gasteiger partial charge in [0.05, 0.1) is 5.01 Å². The zero-order valence-corrected chi connectivity index (χ0v) is 15.1. The lowest BCUT2D eigenvalue weighted by Gasteiger charge is -2.46. The van der Waals surface area contributed by atoms with Gasteiger partial charge in [0, 0.05) is 43.2 Å². The molecular formula is C17H28N4OS. The Hall–Kier alpha value is -1.14. The summed E-state index contributed by atoms with van der Waals surface area (Å²) in [6, 6.07) is 0.584. The fourth-order valence-corrected chi connectivity index (χ4v) is 4.71. The van der Waals surface area contributed by atoms with E-state index < -0.39 is 0 Å². The largest absolute Gasteiger partial charge is 0.338 e. The lowest BCUT2D eigenvalue weighted by molar-refractivity contribution is 0.0534. The molecule has 6 heteroatoms. The number of carbonyl (C=O) groups excluding carboxylic acids is 1. The lowest BCUT2D eigenvalue weighted by atomic mass is 9.84. The number of carbonyl (C=O) groups is 1. The van der Waals surface area contributed by atoms with Crippen molar-refractivity contribution in [3.63, 3.8) is 0 Å². The van der Waals surface area contributed by atoms with Crippen molar-refractivity contribution in [1.29, 1.82) is 0 Å². The maximum atomic E-state index is 12.5. The number of aromatic nitrogens is 1. The van der Waals surface area contributed by atoms with Crippen molar-refractivity contribution in [1.82, 2.24) is 20.1 Å². The Morgan fingerprint density at radius 3 is 3.09 bits per heavy atom. The number of likely N-dealkylation sites (tertiary alicyclic amines) is 2. The molecule has 0 aromatic carbocycles. The third-order valence-corrected chi connectivity index (χ3v) is 6.07. The molecule has 0 unspecified atom stereocenters. The number of nitrogens with zero attached hydrogens (tertiary/aromatic N) is 3. The van der Waals surface area contributed by atoms with Crippen molar-refractivity contribution in [2.75, 3.05) is 33.2 Å². The highest BCUT2D eigenvalue weighted by molar-refractivity contribution is 7.09. The van der Waals surface area contributed by atoms with Gasteiger partial charge in [-0.1, -0.05) is 0 Å². The Kier molecular flexibility index (Phi) is 5.54. The molecular weight excluding hydrogens is 308 g/mol. The second-order valence-electron chi connectivity index (χ2n) is 6.93. The third kappa shape index (κ3) is 4.23. The Morgan fingerprint density at radius 1 is 1.43 bits per heavy atom. The van der Waals surface area contributed by atoms with Gasteiger partial charge in [-0.3, -0.25) is 0 Å². The van der Waals surface area contributed by atoms with Crippen LogP contribution >= 0.6 is 11.3 Å². The van der Waals surface area contributed by atoms with E-state index in [0.717, 1.165) is 57.6 Å². The second-order valence-corrected chi connectivity index (χ2v) is 7.87. The summed E-state index contributed by atoms with van der Waals surface area (Å²) in [5.74, 6) is 0.659. The number of amides is 2. The van der Waals surface area contributed by atoms with E-state index in [-0.39, 0.29) is 6.03 Å². The van der Waals surface area contributed by atoms with Crippen molar-refractivity contribution in [2.45, 2.75) is 45.1 Å². The maximum absolute atomic E-state index is 12.5. The van der Waals surface area contributed by atoms with Crippen molar-refractivity contribution in [3.8, 4) is 0 Å². The Morgan fingerprint density at radius 2 is 2.30 bits per heavy atom. The van der Waals surface area contributed by atoms with E-state index in [9.17, 15) is 4.79 Å². The van der Waals surface area contributed by atoms with Gasteiger partial charge in [-0.15, -0.1) is 11.3 Å². The second kappa shape index (κ2) is 7.62. The predicted molar refractivity (Wildman–Crippen MR) is 93.9 cm³/mol. The molecule has 2 aliphatic rings. The maximum Gasteiger partial charge on any atom is 0.317 e. The molecule has 5 nitrogen and oxygen atoms in total. The molecule has 1 N–H and O–H groups in total. The number of nitrogens with one attached hydrogen (secondary N) is 1. The molecule has 3 heterocycles. The Labute approximate surface area is 143 Å². The number of hydrogen-bond donors (Lipinski definition) is 1. The van der Waals surface area contributed by atoms with Crippen LogP contribution in [-0.4, -0.2) is 60.1 Å². The normalized spacial score (nSPS) is 25.2. The Balaban J connectivity index is 1.44. The minimum absolute atomic E-state index is 0.138. The van der Waals surface area contributed by atoms with Gasteiger partial charge >= 0.3 is 6.03 Å². The highest BCUT2D eigenvalue weighted by Crippen LogP contribution is 2.30. The average molecular weight is 337 g/mol. The van der Waals surface area contributed by atoms with Crippen LogP contribution in [0.25, 0.3) is 0 Å². The number of hydrogen-bond acceptors (Lipinski definition) is 4. The van der Waals surface area contributed by atoms with E-state index in [1.54, 1.807) is 11.3 Å². The molecule has 1 aromatic heterocycles. The van der Waals surface area contributed by atoms with Crippen LogP contribution in [0.3, 0.4) is 0 Å². The summed E-state index contributed by atoms with van der Waals surface area (Å²) in [6.07, 6.45) is 5.44. The number of rotatable bonds is 4. The van der Waals surface area contributed by atoms with Crippen LogP contribution in [0.1, 0.15) is 36.4 Å². The van der Waals surface area contributed by atoms with Crippen molar-refractivity contribution in [2.24, 2.45) is 5.92 Å². The molecule has 3 rings (SSSR count). The minimum Gasteiger partial charge on any atom is -0.338 e. The highest BCUT2D eigenvalue weighted by atomic mass is 32.1. The average Bonchev–Trinajstić information content (AvgIpc) is 2.96. The molecule has 0 spiro atoms. The topological polar surface area (TPSA) is 48.5 Å². The van der Waals surface area contributed by atoms with Crippen LogP contribution < -0.4 is 5.32 Å². The van der Waals surface area contributed by atoms with Crippen LogP contribution in [-0.2, 0) is 6.42 Å². The molecule has 2 atom stereocenters. The van der Waals surface area contributed by atoms with E-state index in [1.807, 2.05) is 6.92 Å². The van der Waals surface area contributed by atoms with Gasteiger partial charge in [-0.2, -0.15) is 0 Å². The van der Waals surface area contributed by atoms with Gasteiger partial charge in [0.2, 0.25) is 0 Å². The van der Waals surface area contributed by atoms with Crippen molar-refractivity contribution < 1.29 is 4.79 Å². The van der Waals surface area contributed by atoms with Crippen molar-refractivity contribution >= 4 is 17.4 Å². The molecule has 0 aliphatic carbocycles. The fourth-order valence-electron chi connectivity index (χ4n) is 3.89. The molecule has 128 valence electrons. The fraction of sp³-hybridized carbons (Fsp3) is 0.765. The number of urea groups is 1. The summed E-state index contributed by atoms with van der Waals surface area (Å²) in [5.41, 5.74) is 1.09. The number of fused-ring (bicyclic) bond motifs is 1. The third-order valence-electron chi connectivity index (χ3n) is 5.04. The summed E-state index contributed by atoms with van der Waals surface area (Å²) >= 11 is 1.71. The smallest absolute Gasteiger partial charge is 0.317 e. The minimum atomic E-state index is 0.138. The van der Waals surface area contributed by atoms with Gasteiger partial charge in [0.1, 0.15) is 0 Å². The molecule has 2 saturated heterocycles. The van der Waals surface area contributed by atoms with Gasteiger partial charge in [0.25, 0.3) is 0 Å². The molecule has 2 aliphatic heterocycles. The zero-order valence-electron chi connectivity index (χ0n) is 14.3. The number of thiazole rings is 1. The Bertz CT molecular complexity index is 532. The van der Waals surface area contributed by atoms with E-state index in [1.165, 1.54) is 11.4 Å². The van der Waals surface area contributed by atoms with Crippen LogP contribution in [0.4, 0.5) is 4.79 Å². The molecule has 2 amide bonds. The summed E-state index contributed by atoms with van der Waals surface area (Å²) in [4.78, 5) is 21.5.